The maximum Gasteiger partial charge on any atom is 0.243 e. The predicted molar refractivity (Wildman–Crippen MR) is 70.5 cm³/mol. The number of hydrogen-bond donors (Lipinski definition) is 1. The van der Waals surface area contributed by atoms with Crippen molar-refractivity contribution in [2.24, 2.45) is 17.1 Å². The molecule has 0 spiro atoms. The average Bonchev–Trinajstić information content (AvgIpc) is 2.85. The van der Waals surface area contributed by atoms with Crippen LogP contribution in [0.5, 0.6) is 0 Å². The van der Waals surface area contributed by atoms with Crippen LogP contribution in [0.4, 0.5) is 0 Å². The second-order valence-electron chi connectivity index (χ2n) is 6.71. The van der Waals surface area contributed by atoms with Gasteiger partial charge in [0, 0.05) is 31.0 Å². The number of rotatable bonds is 1. The topological polar surface area (TPSA) is 64.8 Å². The molecule has 5 heteroatoms. The summed E-state index contributed by atoms with van der Waals surface area (Å²) in [7, 11) is 0. The fourth-order valence-electron chi connectivity index (χ4n) is 4.08. The van der Waals surface area contributed by atoms with E-state index < -0.39 is 5.54 Å². The van der Waals surface area contributed by atoms with Crippen LogP contribution >= 0.6 is 0 Å². The zero-order valence-corrected chi connectivity index (χ0v) is 12.0. The highest BCUT2D eigenvalue weighted by Gasteiger charge is 2.71. The van der Waals surface area contributed by atoms with Crippen LogP contribution in [0.1, 0.15) is 27.2 Å². The van der Waals surface area contributed by atoms with E-state index in [0.29, 0.717) is 19.7 Å². The second kappa shape index (κ2) is 4.17. The van der Waals surface area contributed by atoms with E-state index in [1.54, 1.807) is 0 Å². The number of morpholine rings is 1. The lowest BCUT2D eigenvalue weighted by Crippen LogP contribution is -2.80. The van der Waals surface area contributed by atoms with Crippen molar-refractivity contribution >= 4 is 5.91 Å². The van der Waals surface area contributed by atoms with E-state index in [4.69, 9.17) is 15.2 Å². The molecule has 5 nitrogen and oxygen atoms in total. The van der Waals surface area contributed by atoms with Gasteiger partial charge in [-0.2, -0.15) is 0 Å². The molecular formula is C14H24N2O3. The van der Waals surface area contributed by atoms with Crippen LogP contribution < -0.4 is 5.73 Å². The van der Waals surface area contributed by atoms with Gasteiger partial charge in [-0.15, -0.1) is 0 Å². The van der Waals surface area contributed by atoms with E-state index in [1.807, 2.05) is 11.8 Å². The first-order valence-electron chi connectivity index (χ1n) is 7.20. The molecule has 4 atom stereocenters. The predicted octanol–water partition coefficient (Wildman–Crippen LogP) is 0.376. The van der Waals surface area contributed by atoms with Crippen molar-refractivity contribution in [3.63, 3.8) is 0 Å². The van der Waals surface area contributed by atoms with Crippen molar-refractivity contribution in [1.82, 2.24) is 4.90 Å². The first-order valence-corrected chi connectivity index (χ1v) is 7.20. The van der Waals surface area contributed by atoms with Gasteiger partial charge in [0.25, 0.3) is 0 Å². The molecule has 108 valence electrons. The SMILES string of the molecule is CC1CN(C(=O)C2(N)C3CCOC3C2(C)C)CCO1. The Labute approximate surface area is 114 Å². The van der Waals surface area contributed by atoms with Crippen molar-refractivity contribution in [1.29, 1.82) is 0 Å². The van der Waals surface area contributed by atoms with E-state index in [1.165, 1.54) is 0 Å². The van der Waals surface area contributed by atoms with Gasteiger partial charge in [-0.05, 0) is 13.3 Å². The third-order valence-corrected chi connectivity index (χ3v) is 5.34. The third kappa shape index (κ3) is 1.61. The standard InChI is InChI=1S/C14H24N2O3/c1-9-8-16(5-7-18-9)12(17)14(15)10-4-6-19-11(10)13(14,2)3/h9-11H,4-8,15H2,1-3H3. The summed E-state index contributed by atoms with van der Waals surface area (Å²) in [6.45, 7) is 8.74. The first-order chi connectivity index (χ1) is 8.89. The minimum Gasteiger partial charge on any atom is -0.377 e. The summed E-state index contributed by atoms with van der Waals surface area (Å²) in [4.78, 5) is 14.8. The van der Waals surface area contributed by atoms with E-state index in [0.717, 1.165) is 13.0 Å². The highest BCUT2D eigenvalue weighted by atomic mass is 16.5. The molecule has 1 amide bonds. The monoisotopic (exact) mass is 268 g/mol. The lowest BCUT2D eigenvalue weighted by Gasteiger charge is -2.61. The van der Waals surface area contributed by atoms with Gasteiger partial charge in [0.2, 0.25) is 5.91 Å². The number of fused-ring (bicyclic) bond motifs is 1. The zero-order chi connectivity index (χ0) is 13.8. The summed E-state index contributed by atoms with van der Waals surface area (Å²) in [5.41, 5.74) is 5.52. The van der Waals surface area contributed by atoms with Crippen molar-refractivity contribution in [3.8, 4) is 0 Å². The summed E-state index contributed by atoms with van der Waals surface area (Å²) in [5.74, 6) is 0.257. The highest BCUT2D eigenvalue weighted by Crippen LogP contribution is 2.58. The smallest absolute Gasteiger partial charge is 0.243 e. The Morgan fingerprint density at radius 3 is 2.74 bits per heavy atom. The Morgan fingerprint density at radius 2 is 2.05 bits per heavy atom. The fraction of sp³-hybridized carbons (Fsp3) is 0.929. The fourth-order valence-corrected chi connectivity index (χ4v) is 4.08. The van der Waals surface area contributed by atoms with Gasteiger partial charge in [-0.3, -0.25) is 4.79 Å². The van der Waals surface area contributed by atoms with Gasteiger partial charge in [-0.1, -0.05) is 13.8 Å². The molecule has 2 heterocycles. The molecule has 2 aliphatic heterocycles. The van der Waals surface area contributed by atoms with Gasteiger partial charge in [-0.25, -0.2) is 0 Å². The number of carbonyl (C=O) groups excluding carboxylic acids is 1. The second-order valence-corrected chi connectivity index (χ2v) is 6.71. The number of carbonyl (C=O) groups is 1. The summed E-state index contributed by atoms with van der Waals surface area (Å²) in [6.07, 6.45) is 1.14. The molecule has 0 aromatic rings. The molecular weight excluding hydrogens is 244 g/mol. The minimum atomic E-state index is -0.773. The summed E-state index contributed by atoms with van der Waals surface area (Å²) < 4.78 is 11.2. The molecule has 3 fully saturated rings. The van der Waals surface area contributed by atoms with Gasteiger partial charge in [0.1, 0.15) is 5.54 Å². The number of nitrogens with two attached hydrogens (primary N) is 1. The van der Waals surface area contributed by atoms with Crippen LogP contribution in [0, 0.1) is 11.3 Å². The molecule has 3 aliphatic rings. The van der Waals surface area contributed by atoms with Crippen molar-refractivity contribution in [2.75, 3.05) is 26.3 Å². The quantitative estimate of drug-likeness (QED) is 0.746. The molecule has 19 heavy (non-hydrogen) atoms. The summed E-state index contributed by atoms with van der Waals surface area (Å²) in [6, 6.07) is 0. The average molecular weight is 268 g/mol. The molecule has 1 saturated carbocycles. The Morgan fingerprint density at radius 1 is 1.32 bits per heavy atom. The van der Waals surface area contributed by atoms with Crippen LogP contribution in [-0.2, 0) is 14.3 Å². The Bertz CT molecular complexity index is 398. The normalized spacial score (nSPS) is 44.6. The molecule has 2 saturated heterocycles. The van der Waals surface area contributed by atoms with Crippen LogP contribution in [-0.4, -0.2) is 54.9 Å². The van der Waals surface area contributed by atoms with Crippen LogP contribution in [0.3, 0.4) is 0 Å². The first kappa shape index (κ1) is 13.3. The Kier molecular flexibility index (Phi) is 2.93. The van der Waals surface area contributed by atoms with E-state index in [2.05, 4.69) is 13.8 Å². The lowest BCUT2D eigenvalue weighted by molar-refractivity contribution is -0.188. The largest absolute Gasteiger partial charge is 0.377 e. The lowest BCUT2D eigenvalue weighted by atomic mass is 9.47. The molecule has 4 unspecified atom stereocenters. The zero-order valence-electron chi connectivity index (χ0n) is 12.0. The number of hydrogen-bond acceptors (Lipinski definition) is 4. The summed E-state index contributed by atoms with van der Waals surface area (Å²) >= 11 is 0. The van der Waals surface area contributed by atoms with Crippen molar-refractivity contribution in [3.05, 3.63) is 0 Å². The van der Waals surface area contributed by atoms with Gasteiger partial charge in [0.05, 0.1) is 18.8 Å². The van der Waals surface area contributed by atoms with Crippen LogP contribution in [0.2, 0.25) is 0 Å². The minimum absolute atomic E-state index is 0.0828. The van der Waals surface area contributed by atoms with Gasteiger partial charge >= 0.3 is 0 Å². The molecule has 3 rings (SSSR count). The molecule has 0 radical (unpaired) electrons. The van der Waals surface area contributed by atoms with E-state index in [9.17, 15) is 4.79 Å². The number of amides is 1. The van der Waals surface area contributed by atoms with Crippen LogP contribution in [0.15, 0.2) is 0 Å². The summed E-state index contributed by atoms with van der Waals surface area (Å²) in [5, 5.41) is 0. The third-order valence-electron chi connectivity index (χ3n) is 5.34. The van der Waals surface area contributed by atoms with Gasteiger partial charge < -0.3 is 20.1 Å². The van der Waals surface area contributed by atoms with E-state index in [-0.39, 0.29) is 29.4 Å². The van der Waals surface area contributed by atoms with Crippen LogP contribution in [0.25, 0.3) is 0 Å². The molecule has 0 aromatic heterocycles. The molecule has 2 N–H and O–H groups in total. The molecule has 0 aromatic carbocycles. The maximum absolute atomic E-state index is 12.9. The maximum atomic E-state index is 12.9. The molecule has 0 bridgehead atoms. The Balaban J connectivity index is 1.82. The van der Waals surface area contributed by atoms with Crippen molar-refractivity contribution < 1.29 is 14.3 Å². The Hall–Kier alpha value is -0.650. The number of ether oxygens (including phenoxy) is 2. The van der Waals surface area contributed by atoms with E-state index >= 15 is 0 Å². The molecule has 1 aliphatic carbocycles. The van der Waals surface area contributed by atoms with Crippen molar-refractivity contribution in [2.45, 2.75) is 44.9 Å². The number of nitrogens with zero attached hydrogens (tertiary/aromatic N) is 1. The van der Waals surface area contributed by atoms with Gasteiger partial charge in [0.15, 0.2) is 0 Å². The highest BCUT2D eigenvalue weighted by molar-refractivity contribution is 5.89.